The first-order valence-corrected chi connectivity index (χ1v) is 10.5. The molecular weight excluding hydrogens is 495 g/mol. The topological polar surface area (TPSA) is 67.1 Å². The summed E-state index contributed by atoms with van der Waals surface area (Å²) in [6, 6.07) is 10.4. The maximum absolute atomic E-state index is 4.68. The molecule has 0 spiro atoms. The van der Waals surface area contributed by atoms with Crippen LogP contribution in [0.4, 0.5) is 0 Å². The average Bonchev–Trinajstić information content (AvgIpc) is 3.37. The van der Waals surface area contributed by atoms with Gasteiger partial charge in [-0.2, -0.15) is 5.10 Å². The van der Waals surface area contributed by atoms with E-state index in [1.54, 1.807) is 24.6 Å². The molecule has 0 aliphatic heterocycles. The second kappa shape index (κ2) is 11.9. The summed E-state index contributed by atoms with van der Waals surface area (Å²) < 4.78 is 1.94. The van der Waals surface area contributed by atoms with Crippen molar-refractivity contribution in [1.82, 2.24) is 25.4 Å². The standard InChI is InChI=1S/C21H28N6S.HI/c1-16(2)20-26-19(15-28-20)9-11-23-21(22-3)24-13-17-7-4-5-8-18(17)14-27-12-6-10-25-27;/h4-8,10,12,15-16H,9,11,13-14H2,1-3H3,(H2,22,23,24);1H. The largest absolute Gasteiger partial charge is 0.356 e. The van der Waals surface area contributed by atoms with E-state index in [0.717, 1.165) is 31.2 Å². The van der Waals surface area contributed by atoms with Crippen LogP contribution in [-0.2, 0) is 19.5 Å². The van der Waals surface area contributed by atoms with Gasteiger partial charge in [0, 0.05) is 50.2 Å². The van der Waals surface area contributed by atoms with Crippen molar-refractivity contribution >= 4 is 41.3 Å². The Morgan fingerprint density at radius 1 is 1.17 bits per heavy atom. The number of nitrogens with zero attached hydrogens (tertiary/aromatic N) is 4. The van der Waals surface area contributed by atoms with Gasteiger partial charge in [0.2, 0.25) is 0 Å². The van der Waals surface area contributed by atoms with E-state index in [0.29, 0.717) is 12.5 Å². The first kappa shape index (κ1) is 23.3. The van der Waals surface area contributed by atoms with Crippen LogP contribution in [0.5, 0.6) is 0 Å². The molecule has 156 valence electrons. The van der Waals surface area contributed by atoms with Gasteiger partial charge in [0.25, 0.3) is 0 Å². The fourth-order valence-electron chi connectivity index (χ4n) is 2.86. The number of rotatable bonds is 8. The van der Waals surface area contributed by atoms with E-state index in [4.69, 9.17) is 0 Å². The van der Waals surface area contributed by atoms with Gasteiger partial charge in [0.05, 0.1) is 17.2 Å². The second-order valence-electron chi connectivity index (χ2n) is 6.91. The molecule has 8 heteroatoms. The van der Waals surface area contributed by atoms with Crippen LogP contribution in [0.25, 0.3) is 0 Å². The fourth-order valence-corrected chi connectivity index (χ4v) is 3.73. The first-order valence-electron chi connectivity index (χ1n) is 9.58. The molecule has 0 atom stereocenters. The number of thiazole rings is 1. The number of aliphatic imine (C=N–C) groups is 1. The Bertz CT molecular complexity index is 888. The maximum atomic E-state index is 4.68. The normalized spacial score (nSPS) is 11.4. The molecule has 0 aliphatic rings. The van der Waals surface area contributed by atoms with Gasteiger partial charge in [-0.05, 0) is 17.2 Å². The molecule has 6 nitrogen and oxygen atoms in total. The van der Waals surface area contributed by atoms with Crippen molar-refractivity contribution in [3.05, 3.63) is 69.9 Å². The van der Waals surface area contributed by atoms with Crippen LogP contribution in [0.1, 0.15) is 41.6 Å². The van der Waals surface area contributed by atoms with E-state index in [2.05, 4.69) is 69.2 Å². The van der Waals surface area contributed by atoms with Crippen molar-refractivity contribution < 1.29 is 0 Å². The van der Waals surface area contributed by atoms with Crippen molar-refractivity contribution in [2.75, 3.05) is 13.6 Å². The van der Waals surface area contributed by atoms with Gasteiger partial charge in [0.15, 0.2) is 5.96 Å². The van der Waals surface area contributed by atoms with E-state index in [9.17, 15) is 0 Å². The summed E-state index contributed by atoms with van der Waals surface area (Å²) in [4.78, 5) is 9.02. The highest BCUT2D eigenvalue weighted by molar-refractivity contribution is 14.0. The lowest BCUT2D eigenvalue weighted by Gasteiger charge is -2.14. The van der Waals surface area contributed by atoms with Crippen LogP contribution in [0, 0.1) is 0 Å². The minimum atomic E-state index is 0. The minimum absolute atomic E-state index is 0. The quantitative estimate of drug-likeness (QED) is 0.265. The molecular formula is C21H29IN6S. The summed E-state index contributed by atoms with van der Waals surface area (Å²) in [5.74, 6) is 1.29. The Morgan fingerprint density at radius 3 is 2.62 bits per heavy atom. The minimum Gasteiger partial charge on any atom is -0.356 e. The molecule has 0 fully saturated rings. The van der Waals surface area contributed by atoms with Crippen LogP contribution in [0.3, 0.4) is 0 Å². The summed E-state index contributed by atoms with van der Waals surface area (Å²) in [5.41, 5.74) is 3.63. The summed E-state index contributed by atoms with van der Waals surface area (Å²) in [6.45, 7) is 6.63. The Kier molecular flexibility index (Phi) is 9.59. The van der Waals surface area contributed by atoms with E-state index in [-0.39, 0.29) is 24.0 Å². The third kappa shape index (κ3) is 7.11. The predicted molar refractivity (Wildman–Crippen MR) is 131 cm³/mol. The van der Waals surface area contributed by atoms with Gasteiger partial charge < -0.3 is 10.6 Å². The number of benzene rings is 1. The zero-order valence-corrected chi connectivity index (χ0v) is 20.3. The highest BCUT2D eigenvalue weighted by Crippen LogP contribution is 2.19. The average molecular weight is 524 g/mol. The summed E-state index contributed by atoms with van der Waals surface area (Å²) in [7, 11) is 1.80. The van der Waals surface area contributed by atoms with Crippen molar-refractivity contribution in [1.29, 1.82) is 0 Å². The molecule has 0 saturated heterocycles. The molecule has 0 amide bonds. The maximum Gasteiger partial charge on any atom is 0.191 e. The van der Waals surface area contributed by atoms with Crippen molar-refractivity contribution in [2.24, 2.45) is 4.99 Å². The molecule has 1 aromatic carbocycles. The highest BCUT2D eigenvalue weighted by Gasteiger charge is 2.07. The molecule has 2 N–H and O–H groups in total. The molecule has 3 aromatic rings. The Hall–Kier alpha value is -1.94. The smallest absolute Gasteiger partial charge is 0.191 e. The second-order valence-corrected chi connectivity index (χ2v) is 7.80. The molecule has 2 heterocycles. The van der Waals surface area contributed by atoms with Crippen molar-refractivity contribution in [3.8, 4) is 0 Å². The summed E-state index contributed by atoms with van der Waals surface area (Å²) >= 11 is 1.74. The number of hydrogen-bond donors (Lipinski definition) is 2. The van der Waals surface area contributed by atoms with Gasteiger partial charge >= 0.3 is 0 Å². The number of aromatic nitrogens is 3. The van der Waals surface area contributed by atoms with Gasteiger partial charge in [-0.1, -0.05) is 38.1 Å². The summed E-state index contributed by atoms with van der Waals surface area (Å²) in [6.07, 6.45) is 4.67. The molecule has 2 aromatic heterocycles. The Labute approximate surface area is 193 Å². The van der Waals surface area contributed by atoms with E-state index >= 15 is 0 Å². The molecule has 29 heavy (non-hydrogen) atoms. The third-order valence-electron chi connectivity index (χ3n) is 4.42. The highest BCUT2D eigenvalue weighted by atomic mass is 127. The molecule has 0 radical (unpaired) electrons. The van der Waals surface area contributed by atoms with Crippen LogP contribution in [0.2, 0.25) is 0 Å². The van der Waals surface area contributed by atoms with E-state index in [1.165, 1.54) is 16.1 Å². The molecule has 0 saturated carbocycles. The van der Waals surface area contributed by atoms with Crippen LogP contribution in [0.15, 0.2) is 53.1 Å². The van der Waals surface area contributed by atoms with Crippen molar-refractivity contribution in [3.63, 3.8) is 0 Å². The lowest BCUT2D eigenvalue weighted by Crippen LogP contribution is -2.38. The third-order valence-corrected chi connectivity index (χ3v) is 5.61. The lowest BCUT2D eigenvalue weighted by molar-refractivity contribution is 0.677. The van der Waals surface area contributed by atoms with Crippen LogP contribution < -0.4 is 10.6 Å². The monoisotopic (exact) mass is 524 g/mol. The molecule has 3 rings (SSSR count). The van der Waals surface area contributed by atoms with E-state index in [1.807, 2.05) is 16.9 Å². The lowest BCUT2D eigenvalue weighted by atomic mass is 10.1. The number of guanidine groups is 1. The Balaban J connectivity index is 0.00000300. The molecule has 0 bridgehead atoms. The number of nitrogens with one attached hydrogen (secondary N) is 2. The van der Waals surface area contributed by atoms with Crippen molar-refractivity contribution in [2.45, 2.75) is 39.3 Å². The molecule has 0 aliphatic carbocycles. The fraction of sp³-hybridized carbons (Fsp3) is 0.381. The Morgan fingerprint density at radius 2 is 1.97 bits per heavy atom. The van der Waals surface area contributed by atoms with Crippen LogP contribution in [-0.4, -0.2) is 34.3 Å². The predicted octanol–water partition coefficient (Wildman–Crippen LogP) is 4.04. The summed E-state index contributed by atoms with van der Waals surface area (Å²) in [5, 5.41) is 14.4. The number of hydrogen-bond acceptors (Lipinski definition) is 4. The van der Waals surface area contributed by atoms with Gasteiger partial charge in [-0.15, -0.1) is 35.3 Å². The zero-order chi connectivity index (χ0) is 19.8. The van der Waals surface area contributed by atoms with Gasteiger partial charge in [-0.25, -0.2) is 4.98 Å². The SMILES string of the molecule is CN=C(NCCc1csc(C(C)C)n1)NCc1ccccc1Cn1cccn1.I. The van der Waals surface area contributed by atoms with Crippen LogP contribution >= 0.6 is 35.3 Å². The van der Waals surface area contributed by atoms with Gasteiger partial charge in [-0.3, -0.25) is 9.67 Å². The molecule has 0 unspecified atom stereocenters. The van der Waals surface area contributed by atoms with Gasteiger partial charge in [0.1, 0.15) is 0 Å². The number of halogens is 1. The van der Waals surface area contributed by atoms with E-state index < -0.39 is 0 Å². The first-order chi connectivity index (χ1) is 13.7. The zero-order valence-electron chi connectivity index (χ0n) is 17.1.